The lowest BCUT2D eigenvalue weighted by Gasteiger charge is -2.04. The molecule has 0 radical (unpaired) electrons. The Kier molecular flexibility index (Phi) is 3.69. The number of benzene rings is 1. The number of aromatic nitrogens is 1. The van der Waals surface area contributed by atoms with Crippen molar-refractivity contribution in [2.45, 2.75) is 24.8 Å². The van der Waals surface area contributed by atoms with E-state index in [2.05, 4.69) is 6.58 Å². The van der Waals surface area contributed by atoms with Gasteiger partial charge in [-0.25, -0.2) is 12.8 Å². The van der Waals surface area contributed by atoms with Gasteiger partial charge in [0.15, 0.2) is 0 Å². The largest absolute Gasteiger partial charge is 0.346 e. The molecule has 0 atom stereocenters. The highest BCUT2D eigenvalue weighted by molar-refractivity contribution is 8.14. The molecule has 0 fully saturated rings. The van der Waals surface area contributed by atoms with Crippen LogP contribution in [0.3, 0.4) is 0 Å². The summed E-state index contributed by atoms with van der Waals surface area (Å²) >= 11 is 0. The van der Waals surface area contributed by atoms with Crippen LogP contribution in [0.4, 0.5) is 4.39 Å². The maximum absolute atomic E-state index is 13.3. The molecule has 2 aromatic rings. The zero-order valence-corrected chi connectivity index (χ0v) is 11.9. The van der Waals surface area contributed by atoms with E-state index >= 15 is 0 Å². The van der Waals surface area contributed by atoms with Gasteiger partial charge < -0.3 is 4.57 Å². The second-order valence-electron chi connectivity index (χ2n) is 4.49. The van der Waals surface area contributed by atoms with Crippen molar-refractivity contribution in [3.8, 4) is 0 Å². The minimum absolute atomic E-state index is 0.0645. The summed E-state index contributed by atoms with van der Waals surface area (Å²) in [7, 11) is 1.48. The van der Waals surface area contributed by atoms with Crippen LogP contribution in [0, 0.1) is 5.82 Å². The van der Waals surface area contributed by atoms with Crippen molar-refractivity contribution in [1.29, 1.82) is 0 Å². The third-order valence-electron chi connectivity index (χ3n) is 2.85. The van der Waals surface area contributed by atoms with Crippen molar-refractivity contribution >= 4 is 30.6 Å². The van der Waals surface area contributed by atoms with E-state index in [9.17, 15) is 12.8 Å². The fourth-order valence-corrected chi connectivity index (χ4v) is 2.98. The number of halogens is 2. The molecule has 0 bridgehead atoms. The highest BCUT2D eigenvalue weighted by Crippen LogP contribution is 2.29. The Balaban J connectivity index is 2.63. The van der Waals surface area contributed by atoms with Crippen LogP contribution in [-0.4, -0.2) is 13.0 Å². The fourth-order valence-electron chi connectivity index (χ4n) is 1.93. The van der Waals surface area contributed by atoms with E-state index in [0.717, 1.165) is 5.57 Å². The van der Waals surface area contributed by atoms with Gasteiger partial charge in [-0.15, -0.1) is 6.58 Å². The van der Waals surface area contributed by atoms with Crippen LogP contribution in [0.2, 0.25) is 0 Å². The van der Waals surface area contributed by atoms with E-state index in [1.54, 1.807) is 10.6 Å². The SMILES string of the molecule is C=C(C)CCn1cc(S(=O)(=O)Cl)c2cc(F)ccc21. The van der Waals surface area contributed by atoms with E-state index in [1.165, 1.54) is 18.3 Å². The van der Waals surface area contributed by atoms with Gasteiger partial charge in [-0.05, 0) is 31.5 Å². The molecule has 2 rings (SSSR count). The van der Waals surface area contributed by atoms with Gasteiger partial charge in [0.05, 0.1) is 0 Å². The van der Waals surface area contributed by atoms with E-state index in [1.807, 2.05) is 6.92 Å². The third-order valence-corrected chi connectivity index (χ3v) is 4.20. The van der Waals surface area contributed by atoms with Crippen molar-refractivity contribution in [1.82, 2.24) is 4.57 Å². The summed E-state index contributed by atoms with van der Waals surface area (Å²) in [4.78, 5) is -0.0645. The first-order valence-electron chi connectivity index (χ1n) is 5.66. The summed E-state index contributed by atoms with van der Waals surface area (Å²) in [5, 5.41) is 0.303. The summed E-state index contributed by atoms with van der Waals surface area (Å²) in [5.74, 6) is -0.494. The first-order chi connectivity index (χ1) is 8.79. The molecular weight excluding hydrogens is 289 g/mol. The molecule has 3 nitrogen and oxygen atoms in total. The number of hydrogen-bond donors (Lipinski definition) is 0. The maximum Gasteiger partial charge on any atom is 0.263 e. The van der Waals surface area contributed by atoms with Gasteiger partial charge in [0, 0.05) is 34.3 Å². The van der Waals surface area contributed by atoms with Crippen molar-refractivity contribution in [3.63, 3.8) is 0 Å². The van der Waals surface area contributed by atoms with Crippen LogP contribution in [-0.2, 0) is 15.6 Å². The Hall–Kier alpha value is -1.33. The molecule has 0 aliphatic carbocycles. The van der Waals surface area contributed by atoms with Gasteiger partial charge in [0.25, 0.3) is 9.05 Å². The molecule has 0 amide bonds. The topological polar surface area (TPSA) is 39.1 Å². The molecule has 102 valence electrons. The lowest BCUT2D eigenvalue weighted by atomic mass is 10.2. The van der Waals surface area contributed by atoms with Crippen molar-refractivity contribution in [2.24, 2.45) is 0 Å². The highest BCUT2D eigenvalue weighted by Gasteiger charge is 2.19. The Morgan fingerprint density at radius 1 is 1.47 bits per heavy atom. The van der Waals surface area contributed by atoms with Gasteiger partial charge >= 0.3 is 0 Å². The van der Waals surface area contributed by atoms with Crippen molar-refractivity contribution in [2.75, 3.05) is 0 Å². The average molecular weight is 302 g/mol. The van der Waals surface area contributed by atoms with Gasteiger partial charge in [-0.2, -0.15) is 0 Å². The molecule has 0 saturated heterocycles. The molecule has 1 aromatic heterocycles. The molecule has 6 heteroatoms. The average Bonchev–Trinajstić information content (AvgIpc) is 2.64. The number of allylic oxidation sites excluding steroid dienone is 1. The zero-order valence-electron chi connectivity index (χ0n) is 10.4. The number of rotatable bonds is 4. The summed E-state index contributed by atoms with van der Waals surface area (Å²) in [6.45, 7) is 6.27. The van der Waals surface area contributed by atoms with Crippen LogP contribution in [0.25, 0.3) is 10.9 Å². The van der Waals surface area contributed by atoms with Crippen LogP contribution in [0.5, 0.6) is 0 Å². The molecule has 0 aliphatic heterocycles. The van der Waals surface area contributed by atoms with E-state index in [4.69, 9.17) is 10.7 Å². The van der Waals surface area contributed by atoms with Gasteiger partial charge in [0.2, 0.25) is 0 Å². The predicted molar refractivity (Wildman–Crippen MR) is 74.4 cm³/mol. The fraction of sp³-hybridized carbons (Fsp3) is 0.231. The molecule has 1 aromatic carbocycles. The number of fused-ring (bicyclic) bond motifs is 1. The monoisotopic (exact) mass is 301 g/mol. The molecular formula is C13H13ClFNO2S. The number of aryl methyl sites for hydroxylation is 1. The summed E-state index contributed by atoms with van der Waals surface area (Å²) in [6.07, 6.45) is 2.15. The summed E-state index contributed by atoms with van der Waals surface area (Å²) in [5.41, 5.74) is 1.63. The quantitative estimate of drug-likeness (QED) is 0.638. The standard InChI is InChI=1S/C13H13ClFNO2S/c1-9(2)5-6-16-8-13(19(14,17)18)11-7-10(15)3-4-12(11)16/h3-4,7-8H,1,5-6H2,2H3. The lowest BCUT2D eigenvalue weighted by molar-refractivity contribution is 0.609. The summed E-state index contributed by atoms with van der Waals surface area (Å²) < 4.78 is 38.1. The minimum Gasteiger partial charge on any atom is -0.346 e. The predicted octanol–water partition coefficient (Wildman–Crippen LogP) is 3.67. The van der Waals surface area contributed by atoms with Crippen LogP contribution < -0.4 is 0 Å². The Bertz CT molecular complexity index is 749. The van der Waals surface area contributed by atoms with Crippen molar-refractivity contribution < 1.29 is 12.8 Å². The van der Waals surface area contributed by atoms with E-state index in [-0.39, 0.29) is 4.90 Å². The van der Waals surface area contributed by atoms with Crippen LogP contribution >= 0.6 is 10.7 Å². The Morgan fingerprint density at radius 2 is 2.16 bits per heavy atom. The summed E-state index contributed by atoms with van der Waals surface area (Å²) in [6, 6.07) is 4.03. The lowest BCUT2D eigenvalue weighted by Crippen LogP contribution is -1.96. The van der Waals surface area contributed by atoms with Gasteiger partial charge in [0.1, 0.15) is 10.7 Å². The molecule has 0 unspecified atom stereocenters. The van der Waals surface area contributed by atoms with E-state index in [0.29, 0.717) is 23.9 Å². The number of nitrogens with zero attached hydrogens (tertiary/aromatic N) is 1. The molecule has 1 heterocycles. The van der Waals surface area contributed by atoms with E-state index < -0.39 is 14.9 Å². The van der Waals surface area contributed by atoms with Crippen LogP contribution in [0.15, 0.2) is 41.4 Å². The Morgan fingerprint density at radius 3 is 2.74 bits per heavy atom. The Labute approximate surface area is 115 Å². The molecule has 0 N–H and O–H groups in total. The maximum atomic E-state index is 13.3. The molecule has 0 aliphatic rings. The first-order valence-corrected chi connectivity index (χ1v) is 7.97. The normalized spacial score (nSPS) is 11.9. The van der Waals surface area contributed by atoms with Gasteiger partial charge in [-0.3, -0.25) is 0 Å². The third kappa shape index (κ3) is 2.98. The zero-order chi connectivity index (χ0) is 14.2. The smallest absolute Gasteiger partial charge is 0.263 e. The van der Waals surface area contributed by atoms with Crippen molar-refractivity contribution in [3.05, 3.63) is 42.4 Å². The van der Waals surface area contributed by atoms with Crippen LogP contribution in [0.1, 0.15) is 13.3 Å². The minimum atomic E-state index is -3.90. The first kappa shape index (κ1) is 14.1. The molecule has 19 heavy (non-hydrogen) atoms. The highest BCUT2D eigenvalue weighted by atomic mass is 35.7. The van der Waals surface area contributed by atoms with Gasteiger partial charge in [-0.1, -0.05) is 5.57 Å². The second-order valence-corrected chi connectivity index (χ2v) is 7.03. The second kappa shape index (κ2) is 4.98. The molecule has 0 saturated carbocycles. The number of hydrogen-bond acceptors (Lipinski definition) is 2. The molecule has 0 spiro atoms.